The zero-order valence-corrected chi connectivity index (χ0v) is 14.7. The second kappa shape index (κ2) is 5.99. The SMILES string of the molecule is COc1ccc(-c2ccccc3c4c(nc2-3)CC2=CC=CC=C4C2)cc1. The van der Waals surface area contributed by atoms with Crippen LogP contribution in [0.1, 0.15) is 17.7 Å². The zero-order valence-electron chi connectivity index (χ0n) is 14.7. The number of allylic oxidation sites excluding steroid dienone is 6. The normalized spacial score (nSPS) is 15.1. The van der Waals surface area contributed by atoms with E-state index >= 15 is 0 Å². The second-order valence-electron chi connectivity index (χ2n) is 6.81. The summed E-state index contributed by atoms with van der Waals surface area (Å²) in [5.74, 6) is 0.869. The summed E-state index contributed by atoms with van der Waals surface area (Å²) >= 11 is 0. The molecule has 126 valence electrons. The first-order chi connectivity index (χ1) is 12.8. The van der Waals surface area contributed by atoms with Gasteiger partial charge in [-0.1, -0.05) is 66.3 Å². The van der Waals surface area contributed by atoms with E-state index in [9.17, 15) is 0 Å². The Kier molecular flexibility index (Phi) is 3.49. The first-order valence-electron chi connectivity index (χ1n) is 8.95. The number of ether oxygens (including phenoxy) is 1. The maximum Gasteiger partial charge on any atom is 0.118 e. The number of aromatic nitrogens is 1. The van der Waals surface area contributed by atoms with Gasteiger partial charge in [-0.25, -0.2) is 0 Å². The number of hydrogen-bond acceptors (Lipinski definition) is 2. The molecule has 1 heterocycles. The van der Waals surface area contributed by atoms with E-state index in [2.05, 4.69) is 60.7 Å². The Morgan fingerprint density at radius 1 is 0.846 bits per heavy atom. The van der Waals surface area contributed by atoms with Crippen LogP contribution in [-0.2, 0) is 6.42 Å². The molecule has 0 saturated heterocycles. The molecule has 0 N–H and O–H groups in total. The van der Waals surface area contributed by atoms with Crippen LogP contribution >= 0.6 is 0 Å². The van der Waals surface area contributed by atoms with Crippen molar-refractivity contribution < 1.29 is 4.74 Å². The molecule has 1 aliphatic heterocycles. The largest absolute Gasteiger partial charge is 0.497 e. The van der Waals surface area contributed by atoms with Gasteiger partial charge in [0, 0.05) is 23.1 Å². The third-order valence-corrected chi connectivity index (χ3v) is 5.23. The highest BCUT2D eigenvalue weighted by atomic mass is 16.5. The Balaban J connectivity index is 1.72. The molecule has 0 fully saturated rings. The van der Waals surface area contributed by atoms with Crippen LogP contribution in [0, 0.1) is 0 Å². The minimum Gasteiger partial charge on any atom is -0.497 e. The first-order valence-corrected chi connectivity index (χ1v) is 8.95. The smallest absolute Gasteiger partial charge is 0.118 e. The molecule has 5 rings (SSSR count). The quantitative estimate of drug-likeness (QED) is 0.599. The molecule has 1 aromatic rings. The highest BCUT2D eigenvalue weighted by Crippen LogP contribution is 2.44. The maximum absolute atomic E-state index is 5.30. The van der Waals surface area contributed by atoms with Gasteiger partial charge in [0.05, 0.1) is 18.5 Å². The van der Waals surface area contributed by atoms with Crippen molar-refractivity contribution in [3.05, 3.63) is 89.7 Å². The van der Waals surface area contributed by atoms with Crippen LogP contribution in [0.15, 0.2) is 78.4 Å². The molecule has 0 radical (unpaired) electrons. The van der Waals surface area contributed by atoms with E-state index in [1.54, 1.807) is 7.11 Å². The zero-order chi connectivity index (χ0) is 17.5. The van der Waals surface area contributed by atoms with Crippen molar-refractivity contribution in [1.82, 2.24) is 4.98 Å². The fraction of sp³-hybridized carbons (Fsp3) is 0.125. The second-order valence-corrected chi connectivity index (χ2v) is 6.81. The number of fused-ring (bicyclic) bond motifs is 6. The maximum atomic E-state index is 5.30. The fourth-order valence-electron chi connectivity index (χ4n) is 4.00. The van der Waals surface area contributed by atoms with Crippen LogP contribution in [0.5, 0.6) is 5.75 Å². The summed E-state index contributed by atoms with van der Waals surface area (Å²) in [5.41, 5.74) is 10.0. The predicted octanol–water partition coefficient (Wildman–Crippen LogP) is 5.69. The van der Waals surface area contributed by atoms with Crippen molar-refractivity contribution in [2.24, 2.45) is 0 Å². The van der Waals surface area contributed by atoms with E-state index in [4.69, 9.17) is 9.72 Å². The van der Waals surface area contributed by atoms with Gasteiger partial charge in [-0.15, -0.1) is 0 Å². The Morgan fingerprint density at radius 2 is 1.62 bits per heavy atom. The first kappa shape index (κ1) is 15.2. The molecular weight excluding hydrogens is 318 g/mol. The molecule has 0 aromatic heterocycles. The Morgan fingerprint density at radius 3 is 2.42 bits per heavy atom. The number of methoxy groups -OCH3 is 1. The summed E-state index contributed by atoms with van der Waals surface area (Å²) in [6.45, 7) is 0. The predicted molar refractivity (Wildman–Crippen MR) is 106 cm³/mol. The summed E-state index contributed by atoms with van der Waals surface area (Å²) in [6.07, 6.45) is 10.7. The van der Waals surface area contributed by atoms with Crippen molar-refractivity contribution in [3.63, 3.8) is 0 Å². The summed E-state index contributed by atoms with van der Waals surface area (Å²) in [6, 6.07) is 16.8. The van der Waals surface area contributed by atoms with E-state index in [1.165, 1.54) is 33.5 Å². The van der Waals surface area contributed by atoms with Crippen LogP contribution < -0.4 is 4.74 Å². The van der Waals surface area contributed by atoms with Gasteiger partial charge in [0.1, 0.15) is 5.75 Å². The van der Waals surface area contributed by atoms with E-state index < -0.39 is 0 Å². The standard InChI is InChI=1S/C24H19NO/c1-26-19-12-10-17(11-13-19)20-8-4-5-9-21-23-18-7-3-2-6-16(14-18)15-22(23)25-24(20)21/h2-13H,14-15H2,1H3. The van der Waals surface area contributed by atoms with Gasteiger partial charge in [0.25, 0.3) is 0 Å². The van der Waals surface area contributed by atoms with E-state index in [0.717, 1.165) is 29.8 Å². The molecule has 0 amide bonds. The Bertz CT molecular complexity index is 1050. The lowest BCUT2D eigenvalue weighted by Crippen LogP contribution is -2.02. The summed E-state index contributed by atoms with van der Waals surface area (Å²) < 4.78 is 5.30. The lowest BCUT2D eigenvalue weighted by molar-refractivity contribution is 0.415. The van der Waals surface area contributed by atoms with E-state index in [-0.39, 0.29) is 0 Å². The molecule has 0 saturated carbocycles. The number of hydrogen-bond donors (Lipinski definition) is 0. The van der Waals surface area contributed by atoms with Crippen molar-refractivity contribution in [2.75, 3.05) is 7.11 Å². The summed E-state index contributed by atoms with van der Waals surface area (Å²) in [4.78, 5) is 5.10. The van der Waals surface area contributed by atoms with Crippen molar-refractivity contribution >= 4 is 5.57 Å². The molecule has 1 aromatic carbocycles. The molecule has 2 heteroatoms. The van der Waals surface area contributed by atoms with Gasteiger partial charge >= 0.3 is 0 Å². The fourth-order valence-corrected chi connectivity index (χ4v) is 4.00. The van der Waals surface area contributed by atoms with Crippen LogP contribution in [0.3, 0.4) is 0 Å². The highest BCUT2D eigenvalue weighted by molar-refractivity contribution is 5.92. The number of nitrogens with zero attached hydrogens (tertiary/aromatic N) is 1. The number of rotatable bonds is 2. The van der Waals surface area contributed by atoms with Gasteiger partial charge in [-0.05, 0) is 29.7 Å². The summed E-state index contributed by atoms with van der Waals surface area (Å²) in [5, 5.41) is 0. The van der Waals surface area contributed by atoms with Crippen LogP contribution in [0.4, 0.5) is 0 Å². The molecule has 0 spiro atoms. The molecule has 2 bridgehead atoms. The van der Waals surface area contributed by atoms with Crippen LogP contribution in [-0.4, -0.2) is 12.1 Å². The third kappa shape index (κ3) is 2.38. The molecule has 26 heavy (non-hydrogen) atoms. The monoisotopic (exact) mass is 337 g/mol. The van der Waals surface area contributed by atoms with Gasteiger partial charge < -0.3 is 4.74 Å². The van der Waals surface area contributed by atoms with Gasteiger partial charge in [-0.3, -0.25) is 4.98 Å². The van der Waals surface area contributed by atoms with Crippen LogP contribution in [0.25, 0.3) is 28.0 Å². The van der Waals surface area contributed by atoms with Gasteiger partial charge in [0.15, 0.2) is 0 Å². The van der Waals surface area contributed by atoms with E-state index in [1.807, 2.05) is 12.1 Å². The van der Waals surface area contributed by atoms with Gasteiger partial charge in [-0.2, -0.15) is 0 Å². The minimum absolute atomic E-state index is 0.869. The third-order valence-electron chi connectivity index (χ3n) is 5.23. The molecular formula is C24H19NO. The Hall–Kier alpha value is -3.13. The number of benzene rings is 1. The molecule has 4 aliphatic rings. The summed E-state index contributed by atoms with van der Waals surface area (Å²) in [7, 11) is 1.69. The van der Waals surface area contributed by atoms with Crippen molar-refractivity contribution in [2.45, 2.75) is 12.8 Å². The van der Waals surface area contributed by atoms with Crippen LogP contribution in [0.2, 0.25) is 0 Å². The lowest BCUT2D eigenvalue weighted by Gasteiger charge is -2.17. The van der Waals surface area contributed by atoms with E-state index in [0.29, 0.717) is 0 Å². The molecule has 0 unspecified atom stereocenters. The average molecular weight is 337 g/mol. The highest BCUT2D eigenvalue weighted by Gasteiger charge is 2.27. The molecule has 2 nitrogen and oxygen atoms in total. The van der Waals surface area contributed by atoms with Gasteiger partial charge in [0.2, 0.25) is 0 Å². The lowest BCUT2D eigenvalue weighted by atomic mass is 9.86. The topological polar surface area (TPSA) is 22.1 Å². The molecule has 3 aliphatic carbocycles. The minimum atomic E-state index is 0.869. The average Bonchev–Trinajstić information content (AvgIpc) is 2.80. The Labute approximate surface area is 153 Å². The van der Waals surface area contributed by atoms with Crippen molar-refractivity contribution in [3.8, 4) is 28.1 Å². The molecule has 0 atom stereocenters. The van der Waals surface area contributed by atoms with Crippen molar-refractivity contribution in [1.29, 1.82) is 0 Å².